The summed E-state index contributed by atoms with van der Waals surface area (Å²) in [6, 6.07) is 16.4. The summed E-state index contributed by atoms with van der Waals surface area (Å²) in [5, 5.41) is 2.06. The van der Waals surface area contributed by atoms with Crippen molar-refractivity contribution in [2.24, 2.45) is 23.7 Å². The number of hydrazine groups is 1. The molecule has 1 saturated heterocycles. The van der Waals surface area contributed by atoms with Crippen molar-refractivity contribution in [2.45, 2.75) is 16.1 Å². The molecule has 1 heterocycles. The fraction of sp³-hybridized carbons (Fsp3) is 0.281. The number of carbonyl (C=O) groups excluding carboxylic acids is 5. The molecule has 13 heteroatoms. The van der Waals surface area contributed by atoms with Crippen LogP contribution in [0.2, 0.25) is 10.0 Å². The molecular weight excluding hydrogens is 755 g/mol. The molecule has 3 aliphatic rings. The van der Waals surface area contributed by atoms with Gasteiger partial charge in [-0.05, 0) is 78.9 Å². The summed E-state index contributed by atoms with van der Waals surface area (Å²) >= 11 is 19.6. The number of hydrogen-bond donors (Lipinski definition) is 0. The highest BCUT2D eigenvalue weighted by molar-refractivity contribution is 9.12. The summed E-state index contributed by atoms with van der Waals surface area (Å²) in [5.74, 6) is -3.64. The first-order chi connectivity index (χ1) is 21.5. The zero-order valence-corrected chi connectivity index (χ0v) is 28.2. The minimum atomic E-state index is -0.759. The number of benzene rings is 3. The molecule has 2 saturated carbocycles. The third-order valence-corrected chi connectivity index (χ3v) is 12.5. The Balaban J connectivity index is 1.25. The lowest BCUT2D eigenvalue weighted by Gasteiger charge is -2.31. The Morgan fingerprint density at radius 3 is 2.04 bits per heavy atom. The lowest BCUT2D eigenvalue weighted by atomic mass is 9.81. The van der Waals surface area contributed by atoms with Crippen LogP contribution in [0.15, 0.2) is 66.7 Å². The SMILES string of the molecule is COc1cccc(C(=O)Oc2ccc(C(=O)CN(C(=O)c3ccc(Cl)c(Cl)c3)N3C(=O)[C@@H]4[C@H]5C[C@@H]([C@H](Br)[C@@H]5Br)[C@@H]4C3=O)cc2)c1. The second kappa shape index (κ2) is 12.5. The van der Waals surface area contributed by atoms with Crippen LogP contribution in [0, 0.1) is 23.7 Å². The van der Waals surface area contributed by atoms with Crippen molar-refractivity contribution in [2.75, 3.05) is 13.7 Å². The number of imide groups is 1. The number of fused-ring (bicyclic) bond motifs is 5. The molecule has 9 nitrogen and oxygen atoms in total. The molecule has 2 bridgehead atoms. The topological polar surface area (TPSA) is 110 Å². The predicted molar refractivity (Wildman–Crippen MR) is 172 cm³/mol. The Morgan fingerprint density at radius 1 is 0.822 bits per heavy atom. The number of ether oxygens (including phenoxy) is 2. The van der Waals surface area contributed by atoms with Crippen LogP contribution < -0.4 is 9.47 Å². The van der Waals surface area contributed by atoms with E-state index in [4.69, 9.17) is 32.7 Å². The van der Waals surface area contributed by atoms with E-state index in [1.807, 2.05) is 0 Å². The van der Waals surface area contributed by atoms with Crippen molar-refractivity contribution in [3.63, 3.8) is 0 Å². The van der Waals surface area contributed by atoms with Gasteiger partial charge in [0.1, 0.15) is 18.0 Å². The molecule has 2 aliphatic carbocycles. The first-order valence-electron chi connectivity index (χ1n) is 13.9. The van der Waals surface area contributed by atoms with E-state index in [1.54, 1.807) is 18.2 Å². The maximum Gasteiger partial charge on any atom is 0.343 e. The number of alkyl halides is 2. The molecule has 3 aromatic carbocycles. The number of Topliss-reactive ketones (excluding diaryl/α,β-unsaturated/α-hetero) is 1. The van der Waals surface area contributed by atoms with Crippen LogP contribution in [-0.4, -0.2) is 62.8 Å². The van der Waals surface area contributed by atoms with Crippen LogP contribution in [0.25, 0.3) is 0 Å². The standard InChI is InChI=1S/C32H24Br2Cl2N2O7/c1-44-19-4-2-3-17(11-19)32(43)45-18-8-5-15(6-9-18)24(39)14-37(29(40)16-7-10-22(35)23(36)12-16)38-30(41)25-20-13-21(26(25)31(38)42)28(34)27(20)33/h2-12,20-21,25-28H,13-14H2,1H3/t20-,21-,25-,26+,27-,28+/m1/s1. The first-order valence-corrected chi connectivity index (χ1v) is 16.5. The van der Waals surface area contributed by atoms with Crippen LogP contribution in [0.3, 0.4) is 0 Å². The second-order valence-corrected chi connectivity index (χ2v) is 14.0. The summed E-state index contributed by atoms with van der Waals surface area (Å²) in [4.78, 5) is 67.7. The number of hydrogen-bond acceptors (Lipinski definition) is 7. The van der Waals surface area contributed by atoms with E-state index in [9.17, 15) is 24.0 Å². The molecule has 0 unspecified atom stereocenters. The highest BCUT2D eigenvalue weighted by Gasteiger charge is 2.67. The molecule has 3 amide bonds. The van der Waals surface area contributed by atoms with E-state index >= 15 is 0 Å². The Kier molecular flexibility index (Phi) is 8.82. The first kappa shape index (κ1) is 31.7. The Morgan fingerprint density at radius 2 is 1.44 bits per heavy atom. The molecule has 0 N–H and O–H groups in total. The fourth-order valence-corrected chi connectivity index (χ4v) is 8.61. The Labute approximate surface area is 285 Å². The van der Waals surface area contributed by atoms with Gasteiger partial charge < -0.3 is 9.47 Å². The van der Waals surface area contributed by atoms with Crippen molar-refractivity contribution in [1.82, 2.24) is 10.0 Å². The largest absolute Gasteiger partial charge is 0.497 e. The normalized spacial score (nSPS) is 24.9. The lowest BCUT2D eigenvalue weighted by Crippen LogP contribution is -2.52. The van der Waals surface area contributed by atoms with Crippen molar-refractivity contribution < 1.29 is 33.4 Å². The fourth-order valence-electron chi connectivity index (χ4n) is 6.43. The van der Waals surface area contributed by atoms with Gasteiger partial charge in [0.25, 0.3) is 17.7 Å². The second-order valence-electron chi connectivity index (χ2n) is 11.1. The van der Waals surface area contributed by atoms with Gasteiger partial charge in [-0.3, -0.25) is 19.2 Å². The van der Waals surface area contributed by atoms with Gasteiger partial charge in [-0.2, -0.15) is 5.01 Å². The quantitative estimate of drug-likeness (QED) is 0.0876. The number of ketones is 1. The Hall–Kier alpha value is -3.25. The van der Waals surface area contributed by atoms with Gasteiger partial charge in [0.05, 0.1) is 34.6 Å². The molecule has 232 valence electrons. The van der Waals surface area contributed by atoms with Crippen LogP contribution >= 0.6 is 55.1 Å². The molecular formula is C32H24Br2Cl2N2O7. The number of methoxy groups -OCH3 is 1. The number of amides is 3. The van der Waals surface area contributed by atoms with Crippen LogP contribution in [-0.2, 0) is 9.59 Å². The van der Waals surface area contributed by atoms with Gasteiger partial charge in [-0.25, -0.2) is 9.80 Å². The minimum Gasteiger partial charge on any atom is -0.497 e. The molecule has 3 fully saturated rings. The maximum atomic E-state index is 13.9. The van der Waals surface area contributed by atoms with Crippen molar-refractivity contribution in [1.29, 1.82) is 0 Å². The summed E-state index contributed by atoms with van der Waals surface area (Å²) in [6.07, 6.45) is 0.709. The molecule has 0 radical (unpaired) electrons. The van der Waals surface area contributed by atoms with Gasteiger partial charge >= 0.3 is 5.97 Å². The summed E-state index contributed by atoms with van der Waals surface area (Å²) in [5.41, 5.74) is 0.500. The van der Waals surface area contributed by atoms with E-state index in [2.05, 4.69) is 31.9 Å². The molecule has 6 atom stereocenters. The molecule has 45 heavy (non-hydrogen) atoms. The van der Waals surface area contributed by atoms with Crippen molar-refractivity contribution in [3.05, 3.63) is 93.5 Å². The number of esters is 1. The monoisotopic (exact) mass is 776 g/mol. The smallest absolute Gasteiger partial charge is 0.343 e. The highest BCUT2D eigenvalue weighted by atomic mass is 79.9. The molecule has 0 spiro atoms. The van der Waals surface area contributed by atoms with E-state index in [0.717, 1.165) is 10.0 Å². The van der Waals surface area contributed by atoms with E-state index < -0.39 is 47.9 Å². The van der Waals surface area contributed by atoms with Crippen LogP contribution in [0.4, 0.5) is 0 Å². The van der Waals surface area contributed by atoms with Crippen molar-refractivity contribution >= 4 is 84.5 Å². The summed E-state index contributed by atoms with van der Waals surface area (Å²) < 4.78 is 10.6. The van der Waals surface area contributed by atoms with Gasteiger partial charge in [0, 0.05) is 20.8 Å². The summed E-state index contributed by atoms with van der Waals surface area (Å²) in [7, 11) is 1.49. The third kappa shape index (κ3) is 5.68. The average Bonchev–Trinajstić information content (AvgIpc) is 3.65. The van der Waals surface area contributed by atoms with Crippen molar-refractivity contribution in [3.8, 4) is 11.5 Å². The third-order valence-electron chi connectivity index (χ3n) is 8.59. The van der Waals surface area contributed by atoms with Crippen LogP contribution in [0.5, 0.6) is 11.5 Å². The molecule has 1 aliphatic heterocycles. The predicted octanol–water partition coefficient (Wildman–Crippen LogP) is 6.24. The van der Waals surface area contributed by atoms with Gasteiger partial charge in [0.15, 0.2) is 5.78 Å². The molecule has 6 rings (SSSR count). The molecule has 0 aromatic heterocycles. The number of halogens is 4. The summed E-state index contributed by atoms with van der Waals surface area (Å²) in [6.45, 7) is -0.607. The number of nitrogens with zero attached hydrogens (tertiary/aromatic N) is 2. The molecule has 3 aromatic rings. The zero-order valence-electron chi connectivity index (χ0n) is 23.5. The van der Waals surface area contributed by atoms with E-state index in [0.29, 0.717) is 12.2 Å². The maximum absolute atomic E-state index is 13.9. The lowest BCUT2D eigenvalue weighted by molar-refractivity contribution is -0.154. The van der Waals surface area contributed by atoms with Gasteiger partial charge in [-0.15, -0.1) is 0 Å². The van der Waals surface area contributed by atoms with E-state index in [1.165, 1.54) is 55.6 Å². The average molecular weight is 779 g/mol. The zero-order chi connectivity index (χ0) is 32.2. The highest BCUT2D eigenvalue weighted by Crippen LogP contribution is 2.60. The van der Waals surface area contributed by atoms with Gasteiger partial charge in [0.2, 0.25) is 0 Å². The number of carbonyl (C=O) groups is 5. The van der Waals surface area contributed by atoms with E-state index in [-0.39, 0.29) is 54.0 Å². The Bertz CT molecular complexity index is 1700. The number of rotatable bonds is 8. The minimum absolute atomic E-state index is 0.00200. The van der Waals surface area contributed by atoms with Crippen LogP contribution in [0.1, 0.15) is 37.5 Å². The van der Waals surface area contributed by atoms with Gasteiger partial charge in [-0.1, -0.05) is 61.1 Å².